The van der Waals surface area contributed by atoms with E-state index in [4.69, 9.17) is 4.74 Å². The first-order valence-electron chi connectivity index (χ1n) is 6.28. The lowest BCUT2D eigenvalue weighted by Crippen LogP contribution is -2.47. The third-order valence-electron chi connectivity index (χ3n) is 2.36. The summed E-state index contributed by atoms with van der Waals surface area (Å²) in [6.45, 7) is 9.18. The normalized spacial score (nSPS) is 13.2. The third-order valence-corrected chi connectivity index (χ3v) is 3.23. The van der Waals surface area contributed by atoms with Crippen molar-refractivity contribution in [1.82, 2.24) is 5.32 Å². The van der Waals surface area contributed by atoms with Crippen LogP contribution in [0.1, 0.15) is 44.3 Å². The molecule has 1 aromatic rings. The van der Waals surface area contributed by atoms with Crippen molar-refractivity contribution in [2.75, 3.05) is 0 Å². The Morgan fingerprint density at radius 1 is 1.32 bits per heavy atom. The number of thiophene rings is 1. The molecular weight excluding hydrogens is 262 g/mol. The maximum Gasteiger partial charge on any atom is 0.329 e. The molecule has 0 fully saturated rings. The van der Waals surface area contributed by atoms with Gasteiger partial charge in [-0.25, -0.2) is 4.79 Å². The van der Waals surface area contributed by atoms with Gasteiger partial charge in [-0.2, -0.15) is 0 Å². The first-order valence-corrected chi connectivity index (χ1v) is 7.16. The Labute approximate surface area is 118 Å². The van der Waals surface area contributed by atoms with E-state index in [0.29, 0.717) is 4.88 Å². The maximum absolute atomic E-state index is 12.1. The molecule has 5 heteroatoms. The Balaban J connectivity index is 2.73. The molecule has 0 aliphatic carbocycles. The first-order chi connectivity index (χ1) is 8.70. The summed E-state index contributed by atoms with van der Waals surface area (Å²) < 4.78 is 5.33. The molecular formula is C14H21NO3S. The summed E-state index contributed by atoms with van der Waals surface area (Å²) in [6.07, 6.45) is 0. The van der Waals surface area contributed by atoms with E-state index in [1.165, 1.54) is 11.3 Å². The second-order valence-corrected chi connectivity index (χ2v) is 6.65. The number of carbonyl (C=O) groups excluding carboxylic acids is 2. The quantitative estimate of drug-likeness (QED) is 0.864. The highest BCUT2D eigenvalue weighted by Gasteiger charge is 2.29. The summed E-state index contributed by atoms with van der Waals surface area (Å²) in [5.41, 5.74) is -0.558. The van der Waals surface area contributed by atoms with Crippen molar-refractivity contribution >= 4 is 23.2 Å². The molecule has 1 N–H and O–H groups in total. The van der Waals surface area contributed by atoms with Crippen LogP contribution < -0.4 is 5.32 Å². The molecule has 4 nitrogen and oxygen atoms in total. The van der Waals surface area contributed by atoms with Crippen molar-refractivity contribution in [2.45, 2.75) is 46.3 Å². The maximum atomic E-state index is 12.1. The average molecular weight is 283 g/mol. The smallest absolute Gasteiger partial charge is 0.329 e. The van der Waals surface area contributed by atoms with Gasteiger partial charge >= 0.3 is 5.97 Å². The molecule has 19 heavy (non-hydrogen) atoms. The van der Waals surface area contributed by atoms with Gasteiger partial charge in [0.25, 0.3) is 5.91 Å². The minimum atomic E-state index is -0.631. The van der Waals surface area contributed by atoms with E-state index >= 15 is 0 Å². The van der Waals surface area contributed by atoms with Crippen LogP contribution in [0.5, 0.6) is 0 Å². The third kappa shape index (κ3) is 5.03. The van der Waals surface area contributed by atoms with Crippen LogP contribution in [0.3, 0.4) is 0 Å². The SMILES string of the molecule is CC(C)[C@H](NC(=O)c1cccs1)C(=O)OC(C)(C)C. The monoisotopic (exact) mass is 283 g/mol. The van der Waals surface area contributed by atoms with E-state index in [0.717, 1.165) is 0 Å². The van der Waals surface area contributed by atoms with Crippen LogP contribution >= 0.6 is 11.3 Å². The second-order valence-electron chi connectivity index (χ2n) is 5.71. The standard InChI is InChI=1S/C14H21NO3S/c1-9(2)11(13(17)18-14(3,4)5)15-12(16)10-7-6-8-19-10/h6-9,11H,1-5H3,(H,15,16)/t11-/m0/s1. The van der Waals surface area contributed by atoms with Gasteiger partial charge in [0.15, 0.2) is 0 Å². The molecule has 1 amide bonds. The minimum Gasteiger partial charge on any atom is -0.458 e. The van der Waals surface area contributed by atoms with Crippen molar-refractivity contribution < 1.29 is 14.3 Å². The van der Waals surface area contributed by atoms with Crippen molar-refractivity contribution in [2.24, 2.45) is 5.92 Å². The zero-order valence-corrected chi connectivity index (χ0v) is 12.8. The van der Waals surface area contributed by atoms with Crippen LogP contribution in [0.4, 0.5) is 0 Å². The Bertz CT molecular complexity index is 432. The van der Waals surface area contributed by atoms with Gasteiger partial charge in [0.1, 0.15) is 11.6 Å². The predicted octanol–water partition coefficient (Wildman–Crippen LogP) is 2.84. The van der Waals surface area contributed by atoms with E-state index in [1.807, 2.05) is 40.0 Å². The van der Waals surface area contributed by atoms with Gasteiger partial charge in [0.05, 0.1) is 4.88 Å². The minimum absolute atomic E-state index is 0.0289. The molecule has 1 atom stereocenters. The van der Waals surface area contributed by atoms with Gasteiger partial charge in [0.2, 0.25) is 0 Å². The van der Waals surface area contributed by atoms with Gasteiger partial charge in [0, 0.05) is 0 Å². The summed E-state index contributed by atoms with van der Waals surface area (Å²) in [5.74, 6) is -0.661. The van der Waals surface area contributed by atoms with Gasteiger partial charge in [-0.15, -0.1) is 11.3 Å². The number of hydrogen-bond donors (Lipinski definition) is 1. The molecule has 0 spiro atoms. The fourth-order valence-electron chi connectivity index (χ4n) is 1.48. The Morgan fingerprint density at radius 3 is 2.37 bits per heavy atom. The Kier molecular flexibility index (Phi) is 5.11. The van der Waals surface area contributed by atoms with Gasteiger partial charge in [-0.05, 0) is 38.1 Å². The lowest BCUT2D eigenvalue weighted by molar-refractivity contribution is -0.158. The van der Waals surface area contributed by atoms with Crippen molar-refractivity contribution in [3.8, 4) is 0 Å². The summed E-state index contributed by atoms with van der Waals surface area (Å²) in [6, 6.07) is 2.90. The van der Waals surface area contributed by atoms with Crippen molar-refractivity contribution in [1.29, 1.82) is 0 Å². The number of hydrogen-bond acceptors (Lipinski definition) is 4. The molecule has 0 aliphatic rings. The summed E-state index contributed by atoms with van der Waals surface area (Å²) in [4.78, 5) is 24.6. The number of rotatable bonds is 4. The summed E-state index contributed by atoms with van der Waals surface area (Å²) >= 11 is 1.35. The van der Waals surface area contributed by atoms with E-state index in [1.54, 1.807) is 12.1 Å². The first kappa shape index (κ1) is 15.7. The molecule has 0 saturated heterocycles. The van der Waals surface area contributed by atoms with Crippen LogP contribution in [-0.2, 0) is 9.53 Å². The Morgan fingerprint density at radius 2 is 1.95 bits per heavy atom. The molecule has 0 saturated carbocycles. The highest BCUT2D eigenvalue weighted by atomic mass is 32.1. The average Bonchev–Trinajstić information content (AvgIpc) is 2.75. The van der Waals surface area contributed by atoms with Crippen LogP contribution in [0, 0.1) is 5.92 Å². The van der Waals surface area contributed by atoms with Crippen LogP contribution in [0.25, 0.3) is 0 Å². The van der Waals surface area contributed by atoms with E-state index < -0.39 is 17.6 Å². The lowest BCUT2D eigenvalue weighted by atomic mass is 10.0. The second kappa shape index (κ2) is 6.19. The van der Waals surface area contributed by atoms with Crippen LogP contribution in [0.2, 0.25) is 0 Å². The Hall–Kier alpha value is -1.36. The van der Waals surface area contributed by atoms with E-state index in [9.17, 15) is 9.59 Å². The molecule has 0 aliphatic heterocycles. The molecule has 1 heterocycles. The zero-order valence-electron chi connectivity index (χ0n) is 12.0. The topological polar surface area (TPSA) is 55.4 Å². The molecule has 106 valence electrons. The fourth-order valence-corrected chi connectivity index (χ4v) is 2.11. The molecule has 0 unspecified atom stereocenters. The fraction of sp³-hybridized carbons (Fsp3) is 0.571. The van der Waals surface area contributed by atoms with Gasteiger partial charge < -0.3 is 10.1 Å². The lowest BCUT2D eigenvalue weighted by Gasteiger charge is -2.26. The molecule has 0 bridgehead atoms. The van der Waals surface area contributed by atoms with Crippen LogP contribution in [0.15, 0.2) is 17.5 Å². The van der Waals surface area contributed by atoms with E-state index in [2.05, 4.69) is 5.32 Å². The van der Waals surface area contributed by atoms with Crippen LogP contribution in [-0.4, -0.2) is 23.5 Å². The van der Waals surface area contributed by atoms with E-state index in [-0.39, 0.29) is 11.8 Å². The number of carbonyl (C=O) groups is 2. The van der Waals surface area contributed by atoms with Crippen molar-refractivity contribution in [3.05, 3.63) is 22.4 Å². The highest BCUT2D eigenvalue weighted by molar-refractivity contribution is 7.12. The highest BCUT2D eigenvalue weighted by Crippen LogP contribution is 2.14. The zero-order chi connectivity index (χ0) is 14.6. The number of amides is 1. The number of esters is 1. The molecule has 1 aromatic heterocycles. The molecule has 0 radical (unpaired) electrons. The summed E-state index contributed by atoms with van der Waals surface area (Å²) in [7, 11) is 0. The van der Waals surface area contributed by atoms with Gasteiger partial charge in [-0.1, -0.05) is 19.9 Å². The van der Waals surface area contributed by atoms with Gasteiger partial charge in [-0.3, -0.25) is 4.79 Å². The number of ether oxygens (including phenoxy) is 1. The summed E-state index contributed by atoms with van der Waals surface area (Å²) in [5, 5.41) is 4.56. The number of nitrogens with one attached hydrogen (secondary N) is 1. The largest absolute Gasteiger partial charge is 0.458 e. The molecule has 1 rings (SSSR count). The predicted molar refractivity (Wildman–Crippen MR) is 76.3 cm³/mol. The molecule has 0 aromatic carbocycles. The van der Waals surface area contributed by atoms with Crippen molar-refractivity contribution in [3.63, 3.8) is 0 Å².